The SMILES string of the molecule is I.NC(=NCCS(=O)(=O)c1ccccc1F)NC1CCCCC1. The molecule has 0 spiro atoms. The van der Waals surface area contributed by atoms with Crippen molar-refractivity contribution in [1.82, 2.24) is 5.32 Å². The average Bonchev–Trinajstić information content (AvgIpc) is 2.48. The van der Waals surface area contributed by atoms with Crippen molar-refractivity contribution in [2.45, 2.75) is 43.0 Å². The zero-order valence-corrected chi connectivity index (χ0v) is 16.0. The smallest absolute Gasteiger partial charge is 0.188 e. The summed E-state index contributed by atoms with van der Waals surface area (Å²) in [5, 5.41) is 3.12. The van der Waals surface area contributed by atoms with Gasteiger partial charge in [0.15, 0.2) is 15.8 Å². The Hall–Kier alpha value is -0.900. The third kappa shape index (κ3) is 6.25. The van der Waals surface area contributed by atoms with E-state index in [1.165, 1.54) is 37.5 Å². The molecule has 2 rings (SSSR count). The summed E-state index contributed by atoms with van der Waals surface area (Å²) in [6.45, 7) is 0.0161. The van der Waals surface area contributed by atoms with Crippen molar-refractivity contribution in [3.63, 3.8) is 0 Å². The van der Waals surface area contributed by atoms with Crippen molar-refractivity contribution >= 4 is 39.8 Å². The zero-order valence-electron chi connectivity index (χ0n) is 12.9. The molecule has 1 saturated carbocycles. The first kappa shape index (κ1) is 20.1. The van der Waals surface area contributed by atoms with Crippen LogP contribution in [-0.2, 0) is 9.84 Å². The van der Waals surface area contributed by atoms with Gasteiger partial charge in [-0.15, -0.1) is 24.0 Å². The number of benzene rings is 1. The van der Waals surface area contributed by atoms with Crippen molar-refractivity contribution in [2.75, 3.05) is 12.3 Å². The van der Waals surface area contributed by atoms with Crippen LogP contribution in [0.3, 0.4) is 0 Å². The van der Waals surface area contributed by atoms with Crippen LogP contribution in [0, 0.1) is 5.82 Å². The Balaban J connectivity index is 0.00000264. The van der Waals surface area contributed by atoms with Gasteiger partial charge in [-0.3, -0.25) is 4.99 Å². The number of nitrogens with zero attached hydrogens (tertiary/aromatic N) is 1. The molecule has 5 nitrogen and oxygen atoms in total. The average molecular weight is 455 g/mol. The lowest BCUT2D eigenvalue weighted by Gasteiger charge is -2.23. The van der Waals surface area contributed by atoms with E-state index in [1.807, 2.05) is 0 Å². The lowest BCUT2D eigenvalue weighted by atomic mass is 9.96. The Morgan fingerprint density at radius 2 is 1.91 bits per heavy atom. The molecule has 130 valence electrons. The normalized spacial score (nSPS) is 16.7. The molecule has 8 heteroatoms. The summed E-state index contributed by atoms with van der Waals surface area (Å²) in [7, 11) is -3.69. The number of halogens is 2. The largest absolute Gasteiger partial charge is 0.370 e. The van der Waals surface area contributed by atoms with Gasteiger partial charge in [0.05, 0.1) is 12.3 Å². The molecular weight excluding hydrogens is 432 g/mol. The van der Waals surface area contributed by atoms with E-state index in [-0.39, 0.29) is 47.1 Å². The van der Waals surface area contributed by atoms with Crippen molar-refractivity contribution in [3.05, 3.63) is 30.1 Å². The van der Waals surface area contributed by atoms with Gasteiger partial charge < -0.3 is 11.1 Å². The fraction of sp³-hybridized carbons (Fsp3) is 0.533. The molecular formula is C15H23FIN3O2S. The van der Waals surface area contributed by atoms with E-state index in [9.17, 15) is 12.8 Å². The number of guanidine groups is 1. The minimum atomic E-state index is -3.69. The summed E-state index contributed by atoms with van der Waals surface area (Å²) in [5.41, 5.74) is 5.77. The number of hydrogen-bond acceptors (Lipinski definition) is 3. The minimum Gasteiger partial charge on any atom is -0.370 e. The van der Waals surface area contributed by atoms with Gasteiger partial charge in [-0.2, -0.15) is 0 Å². The van der Waals surface area contributed by atoms with Gasteiger partial charge in [-0.25, -0.2) is 12.8 Å². The maximum Gasteiger partial charge on any atom is 0.188 e. The van der Waals surface area contributed by atoms with E-state index in [0.717, 1.165) is 18.9 Å². The van der Waals surface area contributed by atoms with Gasteiger partial charge in [-0.05, 0) is 25.0 Å². The molecule has 0 heterocycles. The number of nitrogens with one attached hydrogen (secondary N) is 1. The van der Waals surface area contributed by atoms with E-state index in [4.69, 9.17) is 5.73 Å². The van der Waals surface area contributed by atoms with E-state index in [1.54, 1.807) is 0 Å². The van der Waals surface area contributed by atoms with Crippen LogP contribution < -0.4 is 11.1 Å². The van der Waals surface area contributed by atoms with Crippen LogP contribution >= 0.6 is 24.0 Å². The molecule has 1 aromatic rings. The van der Waals surface area contributed by atoms with E-state index < -0.39 is 15.7 Å². The quantitative estimate of drug-likeness (QED) is 0.406. The van der Waals surface area contributed by atoms with E-state index >= 15 is 0 Å². The molecule has 1 aliphatic carbocycles. The van der Waals surface area contributed by atoms with Gasteiger partial charge in [0.25, 0.3) is 0 Å². The molecule has 0 bridgehead atoms. The third-order valence-electron chi connectivity index (χ3n) is 3.77. The molecule has 23 heavy (non-hydrogen) atoms. The standard InChI is InChI=1S/C15H22FN3O2S.HI/c16-13-8-4-5-9-14(13)22(20,21)11-10-18-15(17)19-12-6-2-1-3-7-12;/h4-5,8-9,12H,1-3,6-7,10-11H2,(H3,17,18,19);1H. The van der Waals surface area contributed by atoms with Crippen LogP contribution in [0.1, 0.15) is 32.1 Å². The van der Waals surface area contributed by atoms with Crippen LogP contribution in [0.5, 0.6) is 0 Å². The first-order valence-corrected chi connectivity index (χ1v) is 9.18. The molecule has 0 amide bonds. The van der Waals surface area contributed by atoms with E-state index in [0.29, 0.717) is 6.04 Å². The fourth-order valence-corrected chi connectivity index (χ4v) is 3.80. The summed E-state index contributed by atoms with van der Waals surface area (Å²) in [4.78, 5) is 3.75. The molecule has 1 aliphatic rings. The Bertz CT molecular complexity index is 631. The molecule has 1 aromatic carbocycles. The van der Waals surface area contributed by atoms with Crippen LogP contribution in [0.25, 0.3) is 0 Å². The second kappa shape index (κ2) is 9.41. The molecule has 3 N–H and O–H groups in total. The Morgan fingerprint density at radius 3 is 2.57 bits per heavy atom. The first-order valence-electron chi connectivity index (χ1n) is 7.53. The Labute approximate surface area is 153 Å². The Kier molecular flexibility index (Phi) is 8.24. The summed E-state index contributed by atoms with van der Waals surface area (Å²) in [6.07, 6.45) is 5.71. The van der Waals surface area contributed by atoms with Crippen LogP contribution in [0.4, 0.5) is 4.39 Å². The molecule has 0 radical (unpaired) electrons. The first-order chi connectivity index (χ1) is 10.5. The number of rotatable bonds is 5. The van der Waals surface area contributed by atoms with Crippen molar-refractivity contribution in [3.8, 4) is 0 Å². The van der Waals surface area contributed by atoms with Gasteiger partial charge in [0.1, 0.15) is 10.7 Å². The second-order valence-corrected chi connectivity index (χ2v) is 7.57. The van der Waals surface area contributed by atoms with Gasteiger partial charge >= 0.3 is 0 Å². The molecule has 0 aromatic heterocycles. The van der Waals surface area contributed by atoms with Gasteiger partial charge in [0, 0.05) is 6.04 Å². The van der Waals surface area contributed by atoms with Crippen LogP contribution in [0.2, 0.25) is 0 Å². The highest BCUT2D eigenvalue weighted by Crippen LogP contribution is 2.17. The third-order valence-corrected chi connectivity index (χ3v) is 5.49. The summed E-state index contributed by atoms with van der Waals surface area (Å²) in [6, 6.07) is 5.67. The highest BCUT2D eigenvalue weighted by atomic mass is 127. The van der Waals surface area contributed by atoms with Crippen molar-refractivity contribution in [2.24, 2.45) is 10.7 Å². The fourth-order valence-electron chi connectivity index (χ4n) is 2.59. The summed E-state index contributed by atoms with van der Waals surface area (Å²) >= 11 is 0. The molecule has 0 aliphatic heterocycles. The number of hydrogen-bond donors (Lipinski definition) is 2. The molecule has 0 saturated heterocycles. The maximum absolute atomic E-state index is 13.5. The summed E-state index contributed by atoms with van der Waals surface area (Å²) < 4.78 is 37.6. The predicted molar refractivity (Wildman–Crippen MR) is 100 cm³/mol. The number of aliphatic imine (C=N–C) groups is 1. The lowest BCUT2D eigenvalue weighted by molar-refractivity contribution is 0.412. The predicted octanol–water partition coefficient (Wildman–Crippen LogP) is 2.45. The van der Waals surface area contributed by atoms with E-state index in [2.05, 4.69) is 10.3 Å². The van der Waals surface area contributed by atoms with Crippen LogP contribution in [-0.4, -0.2) is 32.7 Å². The number of sulfone groups is 1. The van der Waals surface area contributed by atoms with Crippen molar-refractivity contribution in [1.29, 1.82) is 0 Å². The molecule has 1 fully saturated rings. The highest BCUT2D eigenvalue weighted by Gasteiger charge is 2.18. The monoisotopic (exact) mass is 455 g/mol. The topological polar surface area (TPSA) is 84.5 Å². The Morgan fingerprint density at radius 1 is 1.26 bits per heavy atom. The lowest BCUT2D eigenvalue weighted by Crippen LogP contribution is -2.41. The number of nitrogens with two attached hydrogens (primary N) is 1. The van der Waals surface area contributed by atoms with Crippen LogP contribution in [0.15, 0.2) is 34.2 Å². The minimum absolute atomic E-state index is 0. The maximum atomic E-state index is 13.5. The van der Waals surface area contributed by atoms with Gasteiger partial charge in [0.2, 0.25) is 0 Å². The zero-order chi connectivity index (χ0) is 16.0. The van der Waals surface area contributed by atoms with Crippen molar-refractivity contribution < 1.29 is 12.8 Å². The second-order valence-electron chi connectivity index (χ2n) is 5.50. The molecule has 0 atom stereocenters. The van der Waals surface area contributed by atoms with Gasteiger partial charge in [-0.1, -0.05) is 31.4 Å². The molecule has 0 unspecified atom stereocenters. The summed E-state index contributed by atoms with van der Waals surface area (Å²) in [5.74, 6) is -0.739. The highest BCUT2D eigenvalue weighted by molar-refractivity contribution is 14.0.